The van der Waals surface area contributed by atoms with Gasteiger partial charge >= 0.3 is 0 Å². The van der Waals surface area contributed by atoms with Crippen LogP contribution in [0.2, 0.25) is 0 Å². The molecule has 1 aliphatic rings. The van der Waals surface area contributed by atoms with E-state index >= 15 is 0 Å². The first-order valence-electron chi connectivity index (χ1n) is 7.22. The van der Waals surface area contributed by atoms with Gasteiger partial charge in [0.25, 0.3) is 5.91 Å². The summed E-state index contributed by atoms with van der Waals surface area (Å²) in [6.45, 7) is 6.14. The van der Waals surface area contributed by atoms with Crippen LogP contribution in [0.5, 0.6) is 0 Å². The molecule has 1 amide bonds. The number of thiocarbonyl (C=S) groups is 1. The van der Waals surface area contributed by atoms with Gasteiger partial charge in [-0.2, -0.15) is 5.10 Å². The number of aromatic nitrogens is 2. The molecule has 0 radical (unpaired) electrons. The van der Waals surface area contributed by atoms with Crippen LogP contribution in [0, 0.1) is 5.92 Å². The molecule has 0 spiro atoms. The summed E-state index contributed by atoms with van der Waals surface area (Å²) < 4.78 is 1.78. The average Bonchev–Trinajstić information content (AvgIpc) is 2.90. The van der Waals surface area contributed by atoms with E-state index in [2.05, 4.69) is 5.10 Å². The third-order valence-electron chi connectivity index (χ3n) is 3.82. The van der Waals surface area contributed by atoms with Crippen LogP contribution in [0.3, 0.4) is 0 Å². The van der Waals surface area contributed by atoms with Crippen LogP contribution in [0.1, 0.15) is 42.9 Å². The van der Waals surface area contributed by atoms with Crippen LogP contribution in [0.25, 0.3) is 0 Å². The van der Waals surface area contributed by atoms with Gasteiger partial charge < -0.3 is 10.6 Å². The van der Waals surface area contributed by atoms with E-state index < -0.39 is 0 Å². The molecule has 1 fully saturated rings. The highest BCUT2D eigenvalue weighted by Crippen LogP contribution is 2.19. The van der Waals surface area contributed by atoms with Gasteiger partial charge in [-0.15, -0.1) is 0 Å². The Morgan fingerprint density at radius 2 is 2.30 bits per heavy atom. The summed E-state index contributed by atoms with van der Waals surface area (Å²) in [5.41, 5.74) is 7.36. The number of amides is 1. The minimum Gasteiger partial charge on any atom is -0.393 e. The summed E-state index contributed by atoms with van der Waals surface area (Å²) in [4.78, 5) is 15.0. The van der Waals surface area contributed by atoms with E-state index in [-0.39, 0.29) is 11.8 Å². The van der Waals surface area contributed by atoms with Crippen molar-refractivity contribution in [1.82, 2.24) is 14.7 Å². The zero-order chi connectivity index (χ0) is 14.7. The maximum Gasteiger partial charge on any atom is 0.272 e. The van der Waals surface area contributed by atoms with Gasteiger partial charge in [-0.3, -0.25) is 9.48 Å². The van der Waals surface area contributed by atoms with Crippen LogP contribution < -0.4 is 5.73 Å². The molecular weight excluding hydrogens is 272 g/mol. The second kappa shape index (κ2) is 6.35. The molecule has 1 atom stereocenters. The van der Waals surface area contributed by atoms with Crippen molar-refractivity contribution in [3.8, 4) is 0 Å². The molecule has 6 heteroatoms. The van der Waals surface area contributed by atoms with E-state index in [1.165, 1.54) is 0 Å². The molecule has 1 aromatic rings. The minimum atomic E-state index is 0.0417. The smallest absolute Gasteiger partial charge is 0.272 e. The van der Waals surface area contributed by atoms with Crippen molar-refractivity contribution in [2.24, 2.45) is 11.7 Å². The van der Waals surface area contributed by atoms with Gasteiger partial charge in [0, 0.05) is 25.6 Å². The predicted octanol–water partition coefficient (Wildman–Crippen LogP) is 1.60. The molecule has 1 aliphatic heterocycles. The Hall–Kier alpha value is -1.43. The fourth-order valence-corrected chi connectivity index (χ4v) is 2.80. The largest absolute Gasteiger partial charge is 0.393 e. The number of likely N-dealkylation sites (tertiary alicyclic amines) is 1. The lowest BCUT2D eigenvalue weighted by Gasteiger charge is -2.32. The maximum atomic E-state index is 12.7. The molecule has 0 saturated carbocycles. The summed E-state index contributed by atoms with van der Waals surface area (Å²) in [6.07, 6.45) is 2.77. The lowest BCUT2D eigenvalue weighted by Crippen LogP contribution is -2.44. The molecule has 0 aliphatic carbocycles. The quantitative estimate of drug-likeness (QED) is 0.857. The lowest BCUT2D eigenvalue weighted by atomic mass is 9.98. The van der Waals surface area contributed by atoms with Gasteiger partial charge in [-0.05, 0) is 32.3 Å². The molecule has 5 nitrogen and oxygen atoms in total. The van der Waals surface area contributed by atoms with Crippen LogP contribution in [0.4, 0.5) is 0 Å². The van der Waals surface area contributed by atoms with Gasteiger partial charge in [0.2, 0.25) is 0 Å². The Balaban J connectivity index is 2.18. The fraction of sp³-hybridized carbons (Fsp3) is 0.643. The number of nitrogens with two attached hydrogens (primary N) is 1. The first-order chi connectivity index (χ1) is 9.56. The molecule has 2 heterocycles. The number of carbonyl (C=O) groups is 1. The Morgan fingerprint density at radius 1 is 1.55 bits per heavy atom. The molecule has 2 N–H and O–H groups in total. The molecular formula is C14H22N4OS. The van der Waals surface area contributed by atoms with Crippen molar-refractivity contribution in [2.75, 3.05) is 13.1 Å². The van der Waals surface area contributed by atoms with Crippen molar-refractivity contribution in [1.29, 1.82) is 0 Å². The number of piperidine rings is 1. The van der Waals surface area contributed by atoms with Gasteiger partial charge in [0.05, 0.1) is 10.7 Å². The van der Waals surface area contributed by atoms with Gasteiger partial charge in [0.1, 0.15) is 5.69 Å². The summed E-state index contributed by atoms with van der Waals surface area (Å²) in [7, 11) is 0. The molecule has 1 aromatic heterocycles. The number of hydrogen-bond donors (Lipinski definition) is 1. The number of hydrogen-bond acceptors (Lipinski definition) is 3. The molecule has 20 heavy (non-hydrogen) atoms. The average molecular weight is 294 g/mol. The van der Waals surface area contributed by atoms with Crippen LogP contribution in [-0.2, 0) is 13.0 Å². The summed E-state index contributed by atoms with van der Waals surface area (Å²) >= 11 is 5.07. The predicted molar refractivity (Wildman–Crippen MR) is 82.7 cm³/mol. The third kappa shape index (κ3) is 3.00. The molecule has 2 rings (SSSR count). The number of carbonyl (C=O) groups excluding carboxylic acids is 1. The van der Waals surface area contributed by atoms with E-state index in [1.54, 1.807) is 4.68 Å². The first-order valence-corrected chi connectivity index (χ1v) is 7.62. The van der Waals surface area contributed by atoms with Crippen molar-refractivity contribution in [2.45, 2.75) is 39.7 Å². The highest BCUT2D eigenvalue weighted by atomic mass is 32.1. The SMILES string of the molecule is CCc1cc(C(=O)N2CCCC(C(N)=S)C2)n(CC)n1. The third-order valence-corrected chi connectivity index (χ3v) is 4.16. The summed E-state index contributed by atoms with van der Waals surface area (Å²) in [5, 5.41) is 4.44. The van der Waals surface area contributed by atoms with Crippen LogP contribution in [-0.4, -0.2) is 38.7 Å². The summed E-state index contributed by atoms with van der Waals surface area (Å²) in [5.74, 6) is 0.186. The molecule has 0 bridgehead atoms. The van der Waals surface area contributed by atoms with E-state index in [0.29, 0.717) is 23.8 Å². The van der Waals surface area contributed by atoms with Crippen LogP contribution >= 0.6 is 12.2 Å². The first kappa shape index (κ1) is 15.0. The Labute approximate surface area is 125 Å². The van der Waals surface area contributed by atoms with Crippen molar-refractivity contribution >= 4 is 23.1 Å². The Bertz CT molecular complexity index is 511. The van der Waals surface area contributed by atoms with Crippen molar-refractivity contribution in [3.05, 3.63) is 17.5 Å². The lowest BCUT2D eigenvalue weighted by molar-refractivity contribution is 0.0691. The second-order valence-corrected chi connectivity index (χ2v) is 5.65. The van der Waals surface area contributed by atoms with E-state index in [0.717, 1.165) is 31.5 Å². The fourth-order valence-electron chi connectivity index (χ4n) is 2.61. The minimum absolute atomic E-state index is 0.0417. The highest BCUT2D eigenvalue weighted by Gasteiger charge is 2.27. The number of rotatable bonds is 4. The van der Waals surface area contributed by atoms with Crippen LogP contribution in [0.15, 0.2) is 6.07 Å². The standard InChI is InChI=1S/C14H22N4OS/c1-3-11-8-12(18(4-2)16-11)14(19)17-7-5-6-10(9-17)13(15)20/h8,10H,3-7,9H2,1-2H3,(H2,15,20). The zero-order valence-corrected chi connectivity index (χ0v) is 12.9. The van der Waals surface area contributed by atoms with E-state index in [4.69, 9.17) is 18.0 Å². The van der Waals surface area contributed by atoms with Crippen molar-refractivity contribution < 1.29 is 4.79 Å². The number of nitrogens with zero attached hydrogens (tertiary/aromatic N) is 3. The number of aryl methyl sites for hydroxylation is 2. The Kier molecular flexibility index (Phi) is 4.75. The molecule has 1 unspecified atom stereocenters. The molecule has 110 valence electrons. The van der Waals surface area contributed by atoms with Crippen molar-refractivity contribution in [3.63, 3.8) is 0 Å². The van der Waals surface area contributed by atoms with E-state index in [9.17, 15) is 4.79 Å². The Morgan fingerprint density at radius 3 is 2.90 bits per heavy atom. The van der Waals surface area contributed by atoms with E-state index in [1.807, 2.05) is 24.8 Å². The van der Waals surface area contributed by atoms with Gasteiger partial charge in [-0.25, -0.2) is 0 Å². The zero-order valence-electron chi connectivity index (χ0n) is 12.1. The van der Waals surface area contributed by atoms with Gasteiger partial charge in [0.15, 0.2) is 0 Å². The highest BCUT2D eigenvalue weighted by molar-refractivity contribution is 7.80. The second-order valence-electron chi connectivity index (χ2n) is 5.18. The topological polar surface area (TPSA) is 64.2 Å². The maximum absolute atomic E-state index is 12.7. The molecule has 1 saturated heterocycles. The van der Waals surface area contributed by atoms with Gasteiger partial charge in [-0.1, -0.05) is 19.1 Å². The monoisotopic (exact) mass is 294 g/mol. The molecule has 0 aromatic carbocycles. The summed E-state index contributed by atoms with van der Waals surface area (Å²) in [6, 6.07) is 1.90. The normalized spacial score (nSPS) is 19.1.